The molecule has 1 rings (SSSR count). The summed E-state index contributed by atoms with van der Waals surface area (Å²) in [6.07, 6.45) is 0. The maximum Gasteiger partial charge on any atom is 0.282 e. The molecule has 0 spiro atoms. The van der Waals surface area contributed by atoms with Crippen molar-refractivity contribution in [2.45, 2.75) is 8.57 Å². The van der Waals surface area contributed by atoms with Crippen LogP contribution in [0.2, 0.25) is 0 Å². The maximum atomic E-state index is 12.2. The largest absolute Gasteiger partial charge is 0.282 e. The fourth-order valence-corrected chi connectivity index (χ4v) is 9.26. The monoisotopic (exact) mass is 1190 g/mol. The van der Waals surface area contributed by atoms with E-state index in [2.05, 4.69) is 207 Å². The summed E-state index contributed by atoms with van der Waals surface area (Å²) in [5, 5.41) is 12.2. The van der Waals surface area contributed by atoms with E-state index in [9.17, 15) is 10.1 Å². The third-order valence-electron chi connectivity index (χ3n) is 2.73. The first-order valence-corrected chi connectivity index (χ1v) is 15.9. The van der Waals surface area contributed by atoms with Gasteiger partial charge in [-0.3, -0.25) is 10.1 Å². The Balaban J connectivity index is 4.51. The van der Waals surface area contributed by atoms with E-state index in [0.717, 1.165) is 0 Å². The number of hydrogen-bond donors (Lipinski definition) is 0. The van der Waals surface area contributed by atoms with Crippen molar-refractivity contribution < 1.29 is 4.92 Å². The van der Waals surface area contributed by atoms with Crippen molar-refractivity contribution >= 4 is 213 Å². The van der Waals surface area contributed by atoms with E-state index < -0.39 is 13.5 Å². The van der Waals surface area contributed by atoms with Crippen LogP contribution in [0.15, 0.2) is 4.47 Å². The predicted molar refractivity (Wildman–Crippen MR) is 155 cm³/mol. The molecule has 148 valence electrons. The molecule has 0 aliphatic heterocycles. The van der Waals surface area contributed by atoms with Crippen molar-refractivity contribution in [2.75, 3.05) is 0 Å². The molecule has 0 amide bonds. The average molecular weight is 1200 g/mol. The lowest BCUT2D eigenvalue weighted by molar-refractivity contribution is -0.386. The van der Waals surface area contributed by atoms with E-state index in [1.165, 1.54) is 0 Å². The molecule has 0 saturated carbocycles. The first kappa shape index (κ1) is 28.9. The molecule has 26 heavy (non-hydrogen) atoms. The van der Waals surface area contributed by atoms with Gasteiger partial charge in [0.25, 0.3) is 5.69 Å². The number of benzene rings is 1. The molecule has 0 bridgehead atoms. The van der Waals surface area contributed by atoms with Crippen LogP contribution < -0.4 is 0 Å². The SMILES string of the molecule is O=[N+]([O-])c1c(C(Br)(Br)Br)c(C(Br)(Br)Br)c(Br)c(C(Br)(Br)Br)c1C(Br)(Br)Br. The normalized spacial score (nSPS) is 13.9. The maximum absolute atomic E-state index is 12.2. The molecular weight excluding hydrogens is 1200 g/mol. The standard InChI is InChI=1S/C10Br13NO2/c11-5-1(7(12,13)14)3(9(18,19)20)6(24(25)26)4(10(21,22)23)2(5)8(15,16)17. The van der Waals surface area contributed by atoms with Crippen LogP contribution in [0, 0.1) is 10.1 Å². The van der Waals surface area contributed by atoms with Gasteiger partial charge in [-0.1, -0.05) is 191 Å². The average Bonchev–Trinajstić information content (AvgIpc) is 2.30. The van der Waals surface area contributed by atoms with Crippen LogP contribution in [0.4, 0.5) is 5.69 Å². The lowest BCUT2D eigenvalue weighted by Gasteiger charge is -2.32. The van der Waals surface area contributed by atoms with Crippen molar-refractivity contribution in [2.24, 2.45) is 0 Å². The second kappa shape index (κ2) is 10.0. The highest BCUT2D eigenvalue weighted by Crippen LogP contribution is 2.65. The molecule has 0 N–H and O–H groups in total. The molecule has 0 aromatic heterocycles. The third-order valence-corrected chi connectivity index (χ3v) is 8.28. The van der Waals surface area contributed by atoms with Gasteiger partial charge in [0.15, 0.2) is 8.57 Å². The highest BCUT2D eigenvalue weighted by molar-refractivity contribution is 9.40. The number of nitrogens with zero attached hydrogens (tertiary/aromatic N) is 1. The molecule has 0 saturated heterocycles. The van der Waals surface area contributed by atoms with Gasteiger partial charge in [0, 0.05) is 15.6 Å². The molecule has 0 unspecified atom stereocenters. The van der Waals surface area contributed by atoms with Crippen molar-refractivity contribution in [3.05, 3.63) is 36.8 Å². The van der Waals surface area contributed by atoms with Gasteiger partial charge in [0.1, 0.15) is 0 Å². The van der Waals surface area contributed by atoms with Crippen molar-refractivity contribution in [3.63, 3.8) is 0 Å². The zero-order valence-corrected chi connectivity index (χ0v) is 31.8. The van der Waals surface area contributed by atoms with E-state index >= 15 is 0 Å². The number of nitro benzene ring substituents is 1. The van der Waals surface area contributed by atoms with E-state index in [-0.39, 0.29) is 5.69 Å². The Kier molecular flexibility index (Phi) is 11.1. The minimum absolute atomic E-state index is 0.167. The van der Waals surface area contributed by atoms with Gasteiger partial charge in [0.2, 0.25) is 0 Å². The Morgan fingerprint density at radius 2 is 0.808 bits per heavy atom. The zero-order valence-electron chi connectivity index (χ0n) is 11.2. The Morgan fingerprint density at radius 1 is 0.577 bits per heavy atom. The summed E-state index contributed by atoms with van der Waals surface area (Å²) in [6.45, 7) is 0. The molecule has 0 aliphatic rings. The van der Waals surface area contributed by atoms with Gasteiger partial charge < -0.3 is 0 Å². The highest BCUT2D eigenvalue weighted by Gasteiger charge is 2.50. The van der Waals surface area contributed by atoms with E-state index in [1.54, 1.807) is 0 Å². The lowest BCUT2D eigenvalue weighted by atomic mass is 9.98. The summed E-state index contributed by atoms with van der Waals surface area (Å²) >= 11 is 45.0. The van der Waals surface area contributed by atoms with Gasteiger partial charge >= 0.3 is 0 Å². The number of halogens is 13. The number of rotatable bonds is 1. The van der Waals surface area contributed by atoms with Crippen LogP contribution in [0.25, 0.3) is 0 Å². The molecule has 1 aromatic rings. The van der Waals surface area contributed by atoms with E-state index in [4.69, 9.17) is 0 Å². The van der Waals surface area contributed by atoms with E-state index in [1.807, 2.05) is 0 Å². The summed E-state index contributed by atoms with van der Waals surface area (Å²) < 4.78 is -3.60. The van der Waals surface area contributed by atoms with E-state index in [0.29, 0.717) is 26.7 Å². The Morgan fingerprint density at radius 3 is 0.962 bits per heavy atom. The third kappa shape index (κ3) is 6.93. The van der Waals surface area contributed by atoms with Gasteiger partial charge in [0.05, 0.1) is 16.1 Å². The highest BCUT2D eigenvalue weighted by atomic mass is 80.0. The fraction of sp³-hybridized carbons (Fsp3) is 0.400. The van der Waals surface area contributed by atoms with Gasteiger partial charge in [-0.2, -0.15) is 0 Å². The molecule has 16 heteroatoms. The molecule has 0 heterocycles. The number of nitro groups is 1. The molecule has 0 radical (unpaired) electrons. The zero-order chi connectivity index (χ0) is 21.0. The Bertz CT molecular complexity index is 685. The molecule has 3 nitrogen and oxygen atoms in total. The number of hydrogen-bond acceptors (Lipinski definition) is 2. The number of alkyl halides is 12. The topological polar surface area (TPSA) is 43.1 Å². The second-order valence-corrected chi connectivity index (χ2v) is 32.2. The second-order valence-electron chi connectivity index (χ2n) is 4.41. The summed E-state index contributed by atoms with van der Waals surface area (Å²) in [5.74, 6) is 0. The van der Waals surface area contributed by atoms with Crippen LogP contribution in [-0.2, 0) is 8.57 Å². The summed E-state index contributed by atoms with van der Waals surface area (Å²) in [7, 11) is 0. The first-order valence-electron chi connectivity index (χ1n) is 5.55. The van der Waals surface area contributed by atoms with Crippen molar-refractivity contribution in [1.82, 2.24) is 0 Å². The molecule has 1 aromatic carbocycles. The van der Waals surface area contributed by atoms with Gasteiger partial charge in [-0.25, -0.2) is 0 Å². The van der Waals surface area contributed by atoms with Gasteiger partial charge in [-0.15, -0.1) is 0 Å². The fourth-order valence-electron chi connectivity index (χ4n) is 1.97. The summed E-state index contributed by atoms with van der Waals surface area (Å²) in [5.41, 5.74) is 1.46. The Labute approximate surface area is 258 Å². The van der Waals surface area contributed by atoms with Crippen molar-refractivity contribution in [1.29, 1.82) is 0 Å². The quantitative estimate of drug-likeness (QED) is 0.160. The predicted octanol–water partition coefficient (Wildman–Crippen LogP) is 11.5. The molecular formula is C10Br13NO2. The molecule has 0 fully saturated rings. The molecule has 0 atom stereocenters. The summed E-state index contributed by atoms with van der Waals surface area (Å²) in [6, 6.07) is 0. The Hall–Kier alpha value is 4.86. The minimum Gasteiger partial charge on any atom is -0.258 e. The van der Waals surface area contributed by atoms with Crippen LogP contribution in [-0.4, -0.2) is 4.92 Å². The van der Waals surface area contributed by atoms with Crippen LogP contribution in [0.5, 0.6) is 0 Å². The first-order chi connectivity index (χ1) is 11.2. The van der Waals surface area contributed by atoms with Crippen LogP contribution in [0.3, 0.4) is 0 Å². The van der Waals surface area contributed by atoms with Crippen molar-refractivity contribution in [3.8, 4) is 0 Å². The minimum atomic E-state index is -1.10. The molecule has 0 aliphatic carbocycles. The summed E-state index contributed by atoms with van der Waals surface area (Å²) in [4.78, 5) is 11.7. The lowest BCUT2D eigenvalue weighted by Crippen LogP contribution is -2.22. The van der Waals surface area contributed by atoms with Crippen LogP contribution in [0.1, 0.15) is 22.3 Å². The van der Waals surface area contributed by atoms with Crippen LogP contribution >= 0.6 is 207 Å². The smallest absolute Gasteiger partial charge is 0.258 e. The van der Waals surface area contributed by atoms with Gasteiger partial charge in [-0.05, 0) is 15.9 Å².